The molecule has 0 fully saturated rings. The molecule has 1 N–H and O–H groups in total. The number of carbonyl (C=O) groups excluding carboxylic acids is 1. The first-order valence-electron chi connectivity index (χ1n) is 5.29. The summed E-state index contributed by atoms with van der Waals surface area (Å²) in [7, 11) is 0. The maximum absolute atomic E-state index is 11.2. The Hall–Kier alpha value is -1.96. The summed E-state index contributed by atoms with van der Waals surface area (Å²) in [6.45, 7) is 6.19. The van der Waals surface area contributed by atoms with E-state index in [1.54, 1.807) is 16.9 Å². The Balaban J connectivity index is 2.20. The van der Waals surface area contributed by atoms with Crippen molar-refractivity contribution in [2.24, 2.45) is 0 Å². The number of hydrogen-bond acceptors (Lipinski definition) is 3. The zero-order valence-electron chi connectivity index (χ0n) is 10.3. The van der Waals surface area contributed by atoms with Gasteiger partial charge in [0.2, 0.25) is 0 Å². The van der Waals surface area contributed by atoms with E-state index in [9.17, 15) is 4.79 Å². The van der Waals surface area contributed by atoms with Gasteiger partial charge in [-0.3, -0.25) is 4.68 Å². The Labute approximate surface area is 101 Å². The lowest BCUT2D eigenvalue weighted by atomic mass is 10.2. The molecule has 17 heavy (non-hydrogen) atoms. The van der Waals surface area contributed by atoms with E-state index >= 15 is 0 Å². The quantitative estimate of drug-likeness (QED) is 0.782. The fraction of sp³-hybridized carbons (Fsp3) is 0.500. The first-order chi connectivity index (χ1) is 7.97. The Morgan fingerprint density at radius 2 is 2.29 bits per heavy atom. The summed E-state index contributed by atoms with van der Waals surface area (Å²) in [5.41, 5.74) is -0.484. The number of carbonyl (C=O) groups is 1. The average Bonchev–Trinajstić information content (AvgIpc) is 2.67. The van der Waals surface area contributed by atoms with E-state index in [-0.39, 0.29) is 6.54 Å². The number of amides is 1. The minimum absolute atomic E-state index is 0.264. The molecule has 5 heteroatoms. The predicted molar refractivity (Wildman–Crippen MR) is 63.1 cm³/mol. The maximum Gasteiger partial charge on any atom is 0.408 e. The van der Waals surface area contributed by atoms with E-state index in [1.807, 2.05) is 20.8 Å². The molecular weight excluding hydrogens is 218 g/mol. The number of rotatable bonds is 2. The van der Waals surface area contributed by atoms with Crippen molar-refractivity contribution >= 4 is 6.09 Å². The van der Waals surface area contributed by atoms with Gasteiger partial charge in [0.25, 0.3) is 0 Å². The van der Waals surface area contributed by atoms with E-state index in [1.165, 1.54) is 0 Å². The fourth-order valence-electron chi connectivity index (χ4n) is 0.978. The average molecular weight is 234 g/mol. The molecule has 0 saturated carbocycles. The zero-order valence-corrected chi connectivity index (χ0v) is 10.3. The van der Waals surface area contributed by atoms with Crippen LogP contribution in [0.25, 0.3) is 0 Å². The van der Waals surface area contributed by atoms with Crippen molar-refractivity contribution in [1.82, 2.24) is 15.1 Å². The predicted octanol–water partition coefficient (Wildman–Crippen LogP) is 1.21. The van der Waals surface area contributed by atoms with Crippen molar-refractivity contribution in [2.75, 3.05) is 6.54 Å². The molecule has 1 heterocycles. The molecule has 0 aliphatic heterocycles. The van der Waals surface area contributed by atoms with Crippen LogP contribution in [0, 0.1) is 18.0 Å². The highest BCUT2D eigenvalue weighted by Crippen LogP contribution is 2.05. The molecule has 0 saturated heterocycles. The van der Waals surface area contributed by atoms with Gasteiger partial charge in [0, 0.05) is 6.20 Å². The maximum atomic E-state index is 11.2. The molecule has 0 bridgehead atoms. The molecule has 0 unspecified atom stereocenters. The van der Waals surface area contributed by atoms with E-state index in [0.29, 0.717) is 6.54 Å². The summed E-state index contributed by atoms with van der Waals surface area (Å²) < 4.78 is 6.70. The van der Waals surface area contributed by atoms with E-state index < -0.39 is 11.7 Å². The van der Waals surface area contributed by atoms with Gasteiger partial charge in [-0.1, -0.05) is 11.8 Å². The van der Waals surface area contributed by atoms with E-state index in [0.717, 1.165) is 0 Å². The smallest absolute Gasteiger partial charge is 0.408 e. The Morgan fingerprint density at radius 1 is 1.53 bits per heavy atom. The Bertz CT molecular complexity index is 407. The molecule has 1 rings (SSSR count). The summed E-state index contributed by atoms with van der Waals surface area (Å²) in [5.74, 6) is 5.67. The van der Waals surface area contributed by atoms with Crippen LogP contribution in [0.4, 0.5) is 4.79 Å². The molecule has 1 amide bonds. The third kappa shape index (κ3) is 6.25. The van der Waals surface area contributed by atoms with Crippen molar-refractivity contribution < 1.29 is 9.53 Å². The minimum atomic E-state index is -0.484. The van der Waals surface area contributed by atoms with Crippen LogP contribution in [0.2, 0.25) is 0 Å². The van der Waals surface area contributed by atoms with Gasteiger partial charge < -0.3 is 10.1 Å². The molecule has 1 radical (unpaired) electrons. The molecule has 0 aliphatic carbocycles. The fourth-order valence-corrected chi connectivity index (χ4v) is 0.978. The SMILES string of the molecule is CC(C)(C)OC(=O)NCC#CCn1cc[c]n1. The first kappa shape index (κ1) is 13.1. The van der Waals surface area contributed by atoms with Crippen LogP contribution >= 0.6 is 0 Å². The highest BCUT2D eigenvalue weighted by molar-refractivity contribution is 5.67. The number of ether oxygens (including phenoxy) is 1. The van der Waals surface area contributed by atoms with E-state index in [2.05, 4.69) is 28.5 Å². The monoisotopic (exact) mass is 234 g/mol. The van der Waals surface area contributed by atoms with Gasteiger partial charge in [0.15, 0.2) is 0 Å². The lowest BCUT2D eigenvalue weighted by molar-refractivity contribution is 0.0535. The highest BCUT2D eigenvalue weighted by atomic mass is 16.6. The van der Waals surface area contributed by atoms with Gasteiger partial charge in [0.1, 0.15) is 18.3 Å². The third-order valence-electron chi connectivity index (χ3n) is 1.59. The largest absolute Gasteiger partial charge is 0.444 e. The zero-order chi connectivity index (χ0) is 12.7. The number of nitrogens with zero attached hydrogens (tertiary/aromatic N) is 2. The van der Waals surface area contributed by atoms with Crippen molar-refractivity contribution in [1.29, 1.82) is 0 Å². The van der Waals surface area contributed by atoms with Gasteiger partial charge in [-0.25, -0.2) is 4.79 Å². The minimum Gasteiger partial charge on any atom is -0.444 e. The lowest BCUT2D eigenvalue weighted by Crippen LogP contribution is -2.32. The van der Waals surface area contributed by atoms with Crippen LogP contribution in [-0.4, -0.2) is 28.0 Å². The molecule has 5 nitrogen and oxygen atoms in total. The summed E-state index contributed by atoms with van der Waals surface area (Å²) >= 11 is 0. The third-order valence-corrected chi connectivity index (χ3v) is 1.59. The topological polar surface area (TPSA) is 56.1 Å². The van der Waals surface area contributed by atoms with Crippen molar-refractivity contribution in [3.05, 3.63) is 18.5 Å². The lowest BCUT2D eigenvalue weighted by Gasteiger charge is -2.18. The summed E-state index contributed by atoms with van der Waals surface area (Å²) in [5, 5.41) is 6.42. The van der Waals surface area contributed by atoms with Crippen LogP contribution in [0.3, 0.4) is 0 Å². The van der Waals surface area contributed by atoms with Gasteiger partial charge in [-0.05, 0) is 26.8 Å². The number of aromatic nitrogens is 2. The molecule has 1 aromatic heterocycles. The van der Waals surface area contributed by atoms with Crippen LogP contribution in [0.1, 0.15) is 20.8 Å². The van der Waals surface area contributed by atoms with Crippen molar-refractivity contribution in [3.8, 4) is 11.8 Å². The second-order valence-corrected chi connectivity index (χ2v) is 4.35. The number of nitrogens with one attached hydrogen (secondary N) is 1. The van der Waals surface area contributed by atoms with Crippen molar-refractivity contribution in [2.45, 2.75) is 32.9 Å². The second-order valence-electron chi connectivity index (χ2n) is 4.35. The van der Waals surface area contributed by atoms with Gasteiger partial charge in [0.05, 0.1) is 6.54 Å². The highest BCUT2D eigenvalue weighted by Gasteiger charge is 2.14. The normalized spacial score (nSPS) is 10.3. The standard InChI is InChI=1S/C12H16N3O2/c1-12(2,3)17-11(16)13-7-4-5-9-15-10-6-8-14-15/h6,10H,7,9H2,1-3H3,(H,13,16). The molecular formula is C12H16N3O2. The van der Waals surface area contributed by atoms with Crippen LogP contribution in [0.15, 0.2) is 12.3 Å². The summed E-state index contributed by atoms with van der Waals surface area (Å²) in [4.78, 5) is 11.2. The number of alkyl carbamates (subject to hydrolysis) is 1. The molecule has 1 aromatic rings. The van der Waals surface area contributed by atoms with Crippen LogP contribution in [0.5, 0.6) is 0 Å². The molecule has 0 atom stereocenters. The van der Waals surface area contributed by atoms with Gasteiger partial charge >= 0.3 is 6.09 Å². The van der Waals surface area contributed by atoms with Crippen molar-refractivity contribution in [3.63, 3.8) is 0 Å². The van der Waals surface area contributed by atoms with E-state index in [4.69, 9.17) is 4.74 Å². The van der Waals surface area contributed by atoms with Gasteiger partial charge in [-0.15, -0.1) is 0 Å². The number of hydrogen-bond donors (Lipinski definition) is 1. The second kappa shape index (κ2) is 5.94. The molecule has 0 spiro atoms. The Kier molecular flexibility index (Phi) is 4.58. The van der Waals surface area contributed by atoms with Crippen LogP contribution in [-0.2, 0) is 11.3 Å². The first-order valence-corrected chi connectivity index (χ1v) is 5.29. The Morgan fingerprint density at radius 3 is 2.88 bits per heavy atom. The molecule has 0 aliphatic rings. The summed E-state index contributed by atoms with van der Waals surface area (Å²) in [6, 6.07) is 1.71. The molecule has 91 valence electrons. The summed E-state index contributed by atoms with van der Waals surface area (Å²) in [6.07, 6.45) is 3.98. The molecule has 0 aromatic carbocycles. The van der Waals surface area contributed by atoms with Gasteiger partial charge in [-0.2, -0.15) is 5.10 Å². The van der Waals surface area contributed by atoms with Crippen LogP contribution < -0.4 is 5.32 Å².